The molecular formula is C30H42O6. The van der Waals surface area contributed by atoms with Gasteiger partial charge in [-0.2, -0.15) is 0 Å². The molecule has 0 saturated heterocycles. The highest BCUT2D eigenvalue weighted by Gasteiger charge is 2.15. The standard InChI is InChI=1S/C30H42O6/c1-4-7-8-9-10-11-12-15-22-35-28-23-25(20-18-24(28)19-21-29(31)33-5-2)36-27-17-14-13-16-26(27)30(32)34-6-3/h13-14,16-18,20,23H,4-12,15,19,21-22H2,1-3H3. The van der Waals surface area contributed by atoms with E-state index in [0.29, 0.717) is 49.1 Å². The predicted octanol–water partition coefficient (Wildman–Crippen LogP) is 7.67. The molecule has 0 radical (unpaired) electrons. The van der Waals surface area contributed by atoms with E-state index in [-0.39, 0.29) is 12.4 Å². The van der Waals surface area contributed by atoms with E-state index in [9.17, 15) is 9.59 Å². The number of para-hydroxylation sites is 1. The number of carbonyl (C=O) groups is 2. The number of hydrogen-bond donors (Lipinski definition) is 0. The number of esters is 2. The Bertz CT molecular complexity index is 923. The highest BCUT2D eigenvalue weighted by molar-refractivity contribution is 5.92. The molecule has 6 heteroatoms. The van der Waals surface area contributed by atoms with E-state index >= 15 is 0 Å². The molecule has 0 unspecified atom stereocenters. The average molecular weight is 499 g/mol. The Hall–Kier alpha value is -3.02. The number of carbonyl (C=O) groups excluding carboxylic acids is 2. The van der Waals surface area contributed by atoms with Gasteiger partial charge in [0.15, 0.2) is 0 Å². The van der Waals surface area contributed by atoms with Crippen molar-refractivity contribution in [2.75, 3.05) is 19.8 Å². The van der Waals surface area contributed by atoms with Crippen LogP contribution in [-0.2, 0) is 20.7 Å². The quantitative estimate of drug-likeness (QED) is 0.155. The Kier molecular flexibility index (Phi) is 14.1. The lowest BCUT2D eigenvalue weighted by molar-refractivity contribution is -0.143. The summed E-state index contributed by atoms with van der Waals surface area (Å²) in [5.41, 5.74) is 1.29. The van der Waals surface area contributed by atoms with Gasteiger partial charge in [0, 0.05) is 12.5 Å². The number of benzene rings is 2. The first kappa shape index (κ1) is 29.2. The summed E-state index contributed by atoms with van der Waals surface area (Å²) in [7, 11) is 0. The van der Waals surface area contributed by atoms with Gasteiger partial charge in [0.2, 0.25) is 0 Å². The van der Waals surface area contributed by atoms with Crippen molar-refractivity contribution >= 4 is 11.9 Å². The highest BCUT2D eigenvalue weighted by atomic mass is 16.5. The first-order chi connectivity index (χ1) is 17.6. The number of aryl methyl sites for hydroxylation is 1. The van der Waals surface area contributed by atoms with Gasteiger partial charge in [-0.3, -0.25) is 4.79 Å². The molecule has 2 aromatic carbocycles. The summed E-state index contributed by atoms with van der Waals surface area (Å²) in [6.07, 6.45) is 10.6. The van der Waals surface area contributed by atoms with Crippen molar-refractivity contribution in [1.29, 1.82) is 0 Å². The molecule has 0 amide bonds. The highest BCUT2D eigenvalue weighted by Crippen LogP contribution is 2.31. The Morgan fingerprint density at radius 3 is 2.17 bits per heavy atom. The summed E-state index contributed by atoms with van der Waals surface area (Å²) < 4.78 is 22.4. The molecule has 0 saturated carbocycles. The number of hydrogen-bond acceptors (Lipinski definition) is 6. The first-order valence-corrected chi connectivity index (χ1v) is 13.4. The third-order valence-electron chi connectivity index (χ3n) is 5.81. The summed E-state index contributed by atoms with van der Waals surface area (Å²) >= 11 is 0. The van der Waals surface area contributed by atoms with Crippen molar-refractivity contribution in [2.45, 2.75) is 85.0 Å². The van der Waals surface area contributed by atoms with Gasteiger partial charge in [-0.25, -0.2) is 4.79 Å². The average Bonchev–Trinajstić information content (AvgIpc) is 2.88. The van der Waals surface area contributed by atoms with Gasteiger partial charge in [0.25, 0.3) is 0 Å². The maximum Gasteiger partial charge on any atom is 0.341 e. The van der Waals surface area contributed by atoms with Crippen molar-refractivity contribution in [3.8, 4) is 17.2 Å². The predicted molar refractivity (Wildman–Crippen MR) is 142 cm³/mol. The topological polar surface area (TPSA) is 71.1 Å². The second-order valence-electron chi connectivity index (χ2n) is 8.72. The van der Waals surface area contributed by atoms with Crippen LogP contribution in [-0.4, -0.2) is 31.8 Å². The monoisotopic (exact) mass is 498 g/mol. The molecule has 0 fully saturated rings. The number of ether oxygens (including phenoxy) is 4. The van der Waals surface area contributed by atoms with Crippen LogP contribution in [0, 0.1) is 0 Å². The van der Waals surface area contributed by atoms with Crippen LogP contribution in [0.3, 0.4) is 0 Å². The fraction of sp³-hybridized carbons (Fsp3) is 0.533. The van der Waals surface area contributed by atoms with Crippen molar-refractivity contribution in [3.05, 3.63) is 53.6 Å². The molecular weight excluding hydrogens is 456 g/mol. The maximum absolute atomic E-state index is 12.3. The molecule has 0 bridgehead atoms. The van der Waals surface area contributed by atoms with E-state index in [1.54, 1.807) is 32.0 Å². The van der Waals surface area contributed by atoms with E-state index in [1.807, 2.05) is 24.3 Å². The minimum absolute atomic E-state index is 0.227. The summed E-state index contributed by atoms with van der Waals surface area (Å²) in [6.45, 7) is 7.07. The van der Waals surface area contributed by atoms with Crippen molar-refractivity contribution in [1.82, 2.24) is 0 Å². The molecule has 0 aliphatic rings. The van der Waals surface area contributed by atoms with Crippen LogP contribution in [0.15, 0.2) is 42.5 Å². The Labute approximate surface area is 216 Å². The molecule has 198 valence electrons. The molecule has 0 aliphatic carbocycles. The molecule has 2 rings (SSSR count). The van der Waals surface area contributed by atoms with Crippen LogP contribution in [0.1, 0.15) is 94.5 Å². The van der Waals surface area contributed by atoms with E-state index in [0.717, 1.165) is 18.4 Å². The van der Waals surface area contributed by atoms with Crippen LogP contribution in [0.25, 0.3) is 0 Å². The van der Waals surface area contributed by atoms with E-state index in [2.05, 4.69) is 6.92 Å². The molecule has 0 heterocycles. The molecule has 0 aromatic heterocycles. The second-order valence-corrected chi connectivity index (χ2v) is 8.72. The van der Waals surface area contributed by atoms with Gasteiger partial charge in [-0.1, -0.05) is 70.1 Å². The Morgan fingerprint density at radius 1 is 0.750 bits per heavy atom. The van der Waals surface area contributed by atoms with E-state index in [1.165, 1.54) is 38.5 Å². The molecule has 6 nitrogen and oxygen atoms in total. The summed E-state index contributed by atoms with van der Waals surface area (Å²) in [6, 6.07) is 12.6. The lowest BCUT2D eigenvalue weighted by Gasteiger charge is -2.15. The van der Waals surface area contributed by atoms with Crippen molar-refractivity contribution in [3.63, 3.8) is 0 Å². The molecule has 36 heavy (non-hydrogen) atoms. The van der Waals surface area contributed by atoms with Crippen LogP contribution in [0.2, 0.25) is 0 Å². The minimum atomic E-state index is -0.426. The molecule has 2 aromatic rings. The van der Waals surface area contributed by atoms with Gasteiger partial charge >= 0.3 is 11.9 Å². The summed E-state index contributed by atoms with van der Waals surface area (Å²) in [5.74, 6) is 1.01. The van der Waals surface area contributed by atoms with Crippen molar-refractivity contribution in [2.24, 2.45) is 0 Å². The zero-order chi connectivity index (χ0) is 26.0. The SMILES string of the molecule is CCCCCCCCCCOc1cc(Oc2ccccc2C(=O)OCC)ccc1CCC(=O)OCC. The normalized spacial score (nSPS) is 10.6. The third-order valence-corrected chi connectivity index (χ3v) is 5.81. The lowest BCUT2D eigenvalue weighted by Crippen LogP contribution is -2.07. The smallest absolute Gasteiger partial charge is 0.341 e. The molecule has 0 spiro atoms. The molecule has 0 atom stereocenters. The van der Waals surface area contributed by atoms with Crippen LogP contribution < -0.4 is 9.47 Å². The zero-order valence-corrected chi connectivity index (χ0v) is 22.2. The number of rotatable bonds is 18. The second kappa shape index (κ2) is 17.4. The zero-order valence-electron chi connectivity index (χ0n) is 22.2. The minimum Gasteiger partial charge on any atom is -0.493 e. The molecule has 0 N–H and O–H groups in total. The van der Waals surface area contributed by atoms with Gasteiger partial charge in [-0.15, -0.1) is 0 Å². The van der Waals surface area contributed by atoms with Gasteiger partial charge < -0.3 is 18.9 Å². The fourth-order valence-corrected chi connectivity index (χ4v) is 3.89. The van der Waals surface area contributed by atoms with Gasteiger partial charge in [-0.05, 0) is 50.5 Å². The van der Waals surface area contributed by atoms with Crippen molar-refractivity contribution < 1.29 is 28.5 Å². The van der Waals surface area contributed by atoms with Gasteiger partial charge in [0.05, 0.1) is 19.8 Å². The van der Waals surface area contributed by atoms with E-state index in [4.69, 9.17) is 18.9 Å². The largest absolute Gasteiger partial charge is 0.493 e. The number of unbranched alkanes of at least 4 members (excludes halogenated alkanes) is 7. The molecule has 0 aliphatic heterocycles. The van der Waals surface area contributed by atoms with E-state index < -0.39 is 5.97 Å². The fourth-order valence-electron chi connectivity index (χ4n) is 3.89. The third kappa shape index (κ3) is 10.7. The Morgan fingerprint density at radius 2 is 1.44 bits per heavy atom. The lowest BCUT2D eigenvalue weighted by atomic mass is 10.1. The first-order valence-electron chi connectivity index (χ1n) is 13.4. The van der Waals surface area contributed by atoms with Crippen LogP contribution in [0.5, 0.6) is 17.2 Å². The summed E-state index contributed by atoms with van der Waals surface area (Å²) in [4.78, 5) is 24.2. The van der Waals surface area contributed by atoms with Crippen LogP contribution >= 0.6 is 0 Å². The summed E-state index contributed by atoms with van der Waals surface area (Å²) in [5, 5.41) is 0. The van der Waals surface area contributed by atoms with Crippen LogP contribution in [0.4, 0.5) is 0 Å². The maximum atomic E-state index is 12.3. The Balaban J connectivity index is 2.04. The van der Waals surface area contributed by atoms with Gasteiger partial charge in [0.1, 0.15) is 22.8 Å².